The van der Waals surface area contributed by atoms with E-state index in [4.69, 9.17) is 5.73 Å². The van der Waals surface area contributed by atoms with Gasteiger partial charge in [-0.15, -0.1) is 0 Å². The Balaban J connectivity index is 2.25. The highest BCUT2D eigenvalue weighted by atomic mass is 32.2. The second-order valence-corrected chi connectivity index (χ2v) is 7.39. The first-order valence-electron chi connectivity index (χ1n) is 7.56. The van der Waals surface area contributed by atoms with Crippen molar-refractivity contribution in [3.05, 3.63) is 48.3 Å². The molecule has 0 saturated heterocycles. The highest BCUT2D eigenvalue weighted by Crippen LogP contribution is 2.21. The van der Waals surface area contributed by atoms with Crippen LogP contribution in [0, 0.1) is 0 Å². The lowest BCUT2D eigenvalue weighted by Crippen LogP contribution is -2.32. The van der Waals surface area contributed by atoms with Gasteiger partial charge >= 0.3 is 6.18 Å². The zero-order chi connectivity index (χ0) is 18.5. The molecule has 2 N–H and O–H groups in total. The van der Waals surface area contributed by atoms with Crippen LogP contribution in [0.25, 0.3) is 0 Å². The zero-order valence-corrected chi connectivity index (χ0v) is 14.2. The molecule has 0 radical (unpaired) electrons. The normalized spacial score (nSPS) is 12.7. The lowest BCUT2D eigenvalue weighted by Gasteiger charge is -2.21. The van der Waals surface area contributed by atoms with Crippen LogP contribution in [0.2, 0.25) is 0 Å². The maximum Gasteiger partial charge on any atom is 0.408 e. The molecule has 0 spiro atoms. The second-order valence-electron chi connectivity index (χ2n) is 5.46. The van der Waals surface area contributed by atoms with E-state index in [1.54, 1.807) is 24.3 Å². The van der Waals surface area contributed by atoms with E-state index in [-0.39, 0.29) is 18.0 Å². The molecule has 25 heavy (non-hydrogen) atoms. The van der Waals surface area contributed by atoms with E-state index in [0.717, 1.165) is 18.0 Å². The molecule has 0 atom stereocenters. The minimum atomic E-state index is -4.48. The number of alkyl halides is 3. The number of sulfonamides is 1. The minimum absolute atomic E-state index is 0.105. The van der Waals surface area contributed by atoms with Crippen molar-refractivity contribution in [3.63, 3.8) is 0 Å². The summed E-state index contributed by atoms with van der Waals surface area (Å²) in [6.45, 7) is -0.774. The third-order valence-corrected chi connectivity index (χ3v) is 5.20. The van der Waals surface area contributed by atoms with Crippen LogP contribution in [0.4, 0.5) is 13.2 Å². The molecule has 1 aromatic carbocycles. The van der Waals surface area contributed by atoms with Gasteiger partial charge in [-0.2, -0.15) is 22.6 Å². The van der Waals surface area contributed by atoms with Crippen molar-refractivity contribution in [2.24, 2.45) is 5.73 Å². The van der Waals surface area contributed by atoms with Crippen LogP contribution in [0.3, 0.4) is 0 Å². The zero-order valence-electron chi connectivity index (χ0n) is 13.4. The van der Waals surface area contributed by atoms with Crippen molar-refractivity contribution < 1.29 is 21.6 Å². The monoisotopic (exact) mass is 376 g/mol. The fraction of sp³-hybridized carbons (Fsp3) is 0.400. The molecule has 1 heterocycles. The Bertz CT molecular complexity index is 776. The molecule has 0 saturated carbocycles. The molecule has 10 heteroatoms. The van der Waals surface area contributed by atoms with Crippen LogP contribution >= 0.6 is 0 Å². The van der Waals surface area contributed by atoms with Gasteiger partial charge in [0.05, 0.1) is 6.20 Å². The molecule has 0 fully saturated rings. The van der Waals surface area contributed by atoms with Gasteiger partial charge in [0.15, 0.2) is 0 Å². The number of nitrogens with zero attached hydrogens (tertiary/aromatic N) is 3. The molecule has 0 bridgehead atoms. The molecular formula is C15H19F3N4O2S. The molecule has 0 aliphatic heterocycles. The number of hydrogen-bond acceptors (Lipinski definition) is 4. The Morgan fingerprint density at radius 1 is 1.20 bits per heavy atom. The first kappa shape index (κ1) is 19.4. The summed E-state index contributed by atoms with van der Waals surface area (Å²) in [7, 11) is -3.98. The SMILES string of the molecule is NCCCN(Cc1ccccc1)S(=O)(=O)c1cnn(CC(F)(F)F)c1. The fourth-order valence-corrected chi connectivity index (χ4v) is 3.66. The summed E-state index contributed by atoms with van der Waals surface area (Å²) >= 11 is 0. The van der Waals surface area contributed by atoms with Gasteiger partial charge in [0.25, 0.3) is 0 Å². The largest absolute Gasteiger partial charge is 0.408 e. The van der Waals surface area contributed by atoms with Gasteiger partial charge in [-0.05, 0) is 18.5 Å². The van der Waals surface area contributed by atoms with Gasteiger partial charge < -0.3 is 5.73 Å². The third-order valence-electron chi connectivity index (χ3n) is 3.40. The van der Waals surface area contributed by atoms with Crippen LogP contribution in [-0.4, -0.2) is 41.8 Å². The summed E-state index contributed by atoms with van der Waals surface area (Å²) in [6.07, 6.45) is -2.22. The van der Waals surface area contributed by atoms with E-state index in [9.17, 15) is 21.6 Å². The number of nitrogens with two attached hydrogens (primary N) is 1. The Labute approximate surface area is 144 Å². The smallest absolute Gasteiger partial charge is 0.330 e. The van der Waals surface area contributed by atoms with Crippen molar-refractivity contribution in [1.29, 1.82) is 0 Å². The van der Waals surface area contributed by atoms with Crippen molar-refractivity contribution in [2.45, 2.75) is 30.6 Å². The Morgan fingerprint density at radius 2 is 1.88 bits per heavy atom. The van der Waals surface area contributed by atoms with Crippen molar-refractivity contribution >= 4 is 10.0 Å². The predicted molar refractivity (Wildman–Crippen MR) is 86.0 cm³/mol. The van der Waals surface area contributed by atoms with E-state index in [2.05, 4.69) is 5.10 Å². The van der Waals surface area contributed by atoms with Crippen LogP contribution < -0.4 is 5.73 Å². The molecule has 0 aliphatic rings. The van der Waals surface area contributed by atoms with Crippen LogP contribution in [0.1, 0.15) is 12.0 Å². The van der Waals surface area contributed by atoms with Gasteiger partial charge in [0, 0.05) is 19.3 Å². The number of hydrogen-bond donors (Lipinski definition) is 1. The lowest BCUT2D eigenvalue weighted by atomic mass is 10.2. The predicted octanol–water partition coefficient (Wildman–Crippen LogP) is 1.99. The van der Waals surface area contributed by atoms with Gasteiger partial charge in [-0.25, -0.2) is 8.42 Å². The Morgan fingerprint density at radius 3 is 2.48 bits per heavy atom. The highest BCUT2D eigenvalue weighted by molar-refractivity contribution is 7.89. The standard InChI is InChI=1S/C15H19F3N4O2S/c16-15(17,18)12-21-11-14(9-20-21)25(23,24)22(8-4-7-19)10-13-5-2-1-3-6-13/h1-3,5-6,9,11H,4,7-8,10,12,19H2. The average molecular weight is 376 g/mol. The number of aromatic nitrogens is 2. The quantitative estimate of drug-likeness (QED) is 0.764. The first-order chi connectivity index (χ1) is 11.7. The van der Waals surface area contributed by atoms with E-state index in [0.29, 0.717) is 17.6 Å². The van der Waals surface area contributed by atoms with Crippen molar-refractivity contribution in [3.8, 4) is 0 Å². The van der Waals surface area contributed by atoms with Crippen LogP contribution in [-0.2, 0) is 23.1 Å². The molecule has 2 aromatic rings. The topological polar surface area (TPSA) is 81.2 Å². The molecule has 0 aliphatic carbocycles. The number of halogens is 3. The lowest BCUT2D eigenvalue weighted by molar-refractivity contribution is -0.142. The molecule has 0 amide bonds. The van der Waals surface area contributed by atoms with Gasteiger partial charge in [-0.1, -0.05) is 30.3 Å². The average Bonchev–Trinajstić information content (AvgIpc) is 2.99. The molecule has 138 valence electrons. The molecular weight excluding hydrogens is 357 g/mol. The summed E-state index contributed by atoms with van der Waals surface area (Å²) in [6, 6.07) is 8.92. The fourth-order valence-electron chi connectivity index (χ4n) is 2.24. The summed E-state index contributed by atoms with van der Waals surface area (Å²) in [5.41, 5.74) is 6.23. The van der Waals surface area contributed by atoms with Crippen molar-refractivity contribution in [2.75, 3.05) is 13.1 Å². The van der Waals surface area contributed by atoms with Crippen molar-refractivity contribution in [1.82, 2.24) is 14.1 Å². The van der Waals surface area contributed by atoms with Gasteiger partial charge in [0.1, 0.15) is 11.4 Å². The maximum atomic E-state index is 12.8. The summed E-state index contributed by atoms with van der Waals surface area (Å²) < 4.78 is 64.6. The molecule has 6 nitrogen and oxygen atoms in total. The van der Waals surface area contributed by atoms with E-state index < -0.39 is 22.7 Å². The summed E-state index contributed by atoms with van der Waals surface area (Å²) in [4.78, 5) is -0.273. The van der Waals surface area contributed by atoms with Crippen LogP contribution in [0.5, 0.6) is 0 Å². The van der Waals surface area contributed by atoms with Gasteiger partial charge in [-0.3, -0.25) is 4.68 Å². The first-order valence-corrected chi connectivity index (χ1v) is 9.00. The summed E-state index contributed by atoms with van der Waals surface area (Å²) in [5.74, 6) is 0. The Hall–Kier alpha value is -1.91. The third kappa shape index (κ3) is 5.55. The molecule has 1 aromatic heterocycles. The molecule has 2 rings (SSSR count). The number of benzene rings is 1. The molecule has 0 unspecified atom stereocenters. The second kappa shape index (κ2) is 7.98. The highest BCUT2D eigenvalue weighted by Gasteiger charge is 2.30. The Kier molecular flexibility index (Phi) is 6.20. The van der Waals surface area contributed by atoms with E-state index in [1.165, 1.54) is 4.31 Å². The summed E-state index contributed by atoms with van der Waals surface area (Å²) in [5, 5.41) is 3.50. The van der Waals surface area contributed by atoms with E-state index >= 15 is 0 Å². The number of rotatable bonds is 8. The minimum Gasteiger partial charge on any atom is -0.330 e. The van der Waals surface area contributed by atoms with E-state index in [1.807, 2.05) is 6.07 Å². The van der Waals surface area contributed by atoms with Crippen LogP contribution in [0.15, 0.2) is 47.6 Å². The van der Waals surface area contributed by atoms with Gasteiger partial charge in [0.2, 0.25) is 10.0 Å². The maximum absolute atomic E-state index is 12.8.